The molecule has 11 nitrogen and oxygen atoms in total. The summed E-state index contributed by atoms with van der Waals surface area (Å²) in [6.07, 6.45) is -6.38. The van der Waals surface area contributed by atoms with Crippen molar-refractivity contribution in [1.29, 1.82) is 0 Å². The van der Waals surface area contributed by atoms with Crippen LogP contribution in [0, 0.1) is 16.7 Å². The minimum Gasteiger partial charge on any atom is -0.472 e. The van der Waals surface area contributed by atoms with Crippen LogP contribution in [0.5, 0.6) is 0 Å². The summed E-state index contributed by atoms with van der Waals surface area (Å²) in [6, 6.07) is 22.2. The molecule has 4 atom stereocenters. The molecule has 4 unspecified atom stereocenters. The molecule has 7 fully saturated rings. The third kappa shape index (κ3) is 14.9. The number of nitrogens with zero attached hydrogens (tertiary/aromatic N) is 6. The van der Waals surface area contributed by atoms with Crippen LogP contribution in [0.15, 0.2) is 120 Å². The van der Waals surface area contributed by atoms with Crippen molar-refractivity contribution in [2.24, 2.45) is 16.7 Å². The molecule has 1 aromatic heterocycles. The maximum Gasteiger partial charge on any atom is 0.416 e. The molecular formula is C67H72F12N6O5. The fraction of sp³-hybridized carbons (Fsp3) is 0.522. The van der Waals surface area contributed by atoms with Crippen LogP contribution in [0.1, 0.15) is 142 Å². The second-order valence-corrected chi connectivity index (χ2v) is 26.0. The smallest absolute Gasteiger partial charge is 0.416 e. The highest BCUT2D eigenvalue weighted by molar-refractivity contribution is 5.96. The first-order valence-electron chi connectivity index (χ1n) is 31.0. The van der Waals surface area contributed by atoms with Gasteiger partial charge in [-0.15, -0.1) is 0 Å². The first-order valence-corrected chi connectivity index (χ1v) is 31.0. The first-order chi connectivity index (χ1) is 42.6. The van der Waals surface area contributed by atoms with Crippen molar-refractivity contribution in [3.8, 4) is 0 Å². The lowest BCUT2D eigenvalue weighted by molar-refractivity contribution is -0.144. The van der Waals surface area contributed by atoms with Crippen molar-refractivity contribution in [2.75, 3.05) is 65.4 Å². The normalized spacial score (nSPS) is 23.5. The number of hydrogen-bond donors (Lipinski definition) is 0. The van der Waals surface area contributed by atoms with Gasteiger partial charge in [-0.2, -0.15) is 52.7 Å². The van der Waals surface area contributed by atoms with Crippen molar-refractivity contribution >= 4 is 23.6 Å². The molecule has 1 aliphatic carbocycles. The molecule has 7 aliphatic rings. The molecule has 6 aliphatic heterocycles. The van der Waals surface area contributed by atoms with Crippen molar-refractivity contribution < 1.29 is 76.3 Å². The Morgan fingerprint density at radius 1 is 0.433 bits per heavy atom. The van der Waals surface area contributed by atoms with E-state index in [-0.39, 0.29) is 66.0 Å². The molecule has 5 aromatic rings. The topological polar surface area (TPSA) is 101 Å². The monoisotopic (exact) mass is 1270 g/mol. The maximum atomic E-state index is 13.7. The van der Waals surface area contributed by atoms with E-state index in [4.69, 9.17) is 4.42 Å². The molecule has 7 heterocycles. The van der Waals surface area contributed by atoms with Gasteiger partial charge in [-0.3, -0.25) is 29.0 Å². The SMILES string of the molecule is O=C(C1CC1)N1CCC2(CC1)CCN(C1CCN(C(=O)c3cc(C(F)(F)F)cc(C(F)(F)F)c3)C(Cc3ccccc3)C1)C2.O=C(c1ccoc1)N1CCC2(CC1)CCN(C1CCN(C(=O)c3cc(C(F)(F)F)cc(C(F)(F)F)c3)C(Cc3ccccc3)C1)C2. The van der Waals surface area contributed by atoms with E-state index in [2.05, 4.69) is 9.80 Å². The van der Waals surface area contributed by atoms with Crippen LogP contribution in [-0.4, -0.2) is 143 Å². The quantitative estimate of drug-likeness (QED) is 0.128. The van der Waals surface area contributed by atoms with Gasteiger partial charge in [0.15, 0.2) is 0 Å². The molecule has 0 radical (unpaired) electrons. The van der Waals surface area contributed by atoms with Gasteiger partial charge in [0.05, 0.1) is 34.1 Å². The second-order valence-electron chi connectivity index (χ2n) is 26.0. The third-order valence-electron chi connectivity index (χ3n) is 20.1. The standard InChI is InChI=1S/C34H35F6N3O3.C33H37F6N3O2/c35-33(36,37)26-17-25(18-27(19-26)34(38,39)40)31(45)43-11-6-28(20-29(43)16-23-4-2-1-3-5-23)42-14-10-32(22-42)8-12-41(13-9-32)30(44)24-7-15-46-21-24;34-32(35,36)25-17-24(18-26(19-25)33(37,38)39)30(44)42-12-8-27(20-28(42)16-22-4-2-1-3-5-22)41-15-11-31(21-41)9-13-40(14-10-31)29(43)23-6-7-23/h1-5,7,15,17-19,21,28-29H,6,8-14,16,20,22H2;1-5,17-19,23,27-28H,6-16,20-21H2. The van der Waals surface area contributed by atoms with Crippen molar-refractivity contribution in [2.45, 2.75) is 139 Å². The summed E-state index contributed by atoms with van der Waals surface area (Å²) in [5.74, 6) is -1.18. The Morgan fingerprint density at radius 3 is 1.17 bits per heavy atom. The van der Waals surface area contributed by atoms with Gasteiger partial charge >= 0.3 is 24.7 Å². The molecule has 90 heavy (non-hydrogen) atoms. The molecule has 484 valence electrons. The average molecular weight is 1270 g/mol. The van der Waals surface area contributed by atoms with Gasteiger partial charge in [-0.1, -0.05) is 60.7 Å². The van der Waals surface area contributed by atoms with E-state index in [1.807, 2.05) is 70.5 Å². The van der Waals surface area contributed by atoms with Crippen LogP contribution >= 0.6 is 0 Å². The summed E-state index contributed by atoms with van der Waals surface area (Å²) in [6.45, 7) is 6.83. The highest BCUT2D eigenvalue weighted by atomic mass is 19.4. The van der Waals surface area contributed by atoms with Gasteiger partial charge in [-0.25, -0.2) is 0 Å². The molecule has 12 rings (SSSR count). The summed E-state index contributed by atoms with van der Waals surface area (Å²) in [5, 5.41) is 0. The number of alkyl halides is 12. The fourth-order valence-electron chi connectivity index (χ4n) is 14.8. The van der Waals surface area contributed by atoms with E-state index in [1.165, 1.54) is 22.3 Å². The maximum absolute atomic E-state index is 13.7. The highest BCUT2D eigenvalue weighted by Crippen LogP contribution is 2.46. The second kappa shape index (κ2) is 25.7. The van der Waals surface area contributed by atoms with Gasteiger partial charge in [0.1, 0.15) is 6.26 Å². The largest absolute Gasteiger partial charge is 0.472 e. The summed E-state index contributed by atoms with van der Waals surface area (Å²) >= 11 is 0. The predicted molar refractivity (Wildman–Crippen MR) is 309 cm³/mol. The number of carbonyl (C=O) groups excluding carboxylic acids is 4. The Bertz CT molecular complexity index is 3270. The fourth-order valence-corrected chi connectivity index (χ4v) is 14.8. The Balaban J connectivity index is 0.000000185. The van der Waals surface area contributed by atoms with E-state index in [9.17, 15) is 71.9 Å². The molecule has 4 amide bonds. The number of benzene rings is 4. The molecule has 0 N–H and O–H groups in total. The summed E-state index contributed by atoms with van der Waals surface area (Å²) in [7, 11) is 0. The van der Waals surface area contributed by atoms with Gasteiger partial charge < -0.3 is 24.0 Å². The van der Waals surface area contributed by atoms with Crippen LogP contribution in [0.4, 0.5) is 52.7 Å². The Kier molecular flexibility index (Phi) is 18.4. The zero-order chi connectivity index (χ0) is 64.0. The number of furan rings is 1. The zero-order valence-corrected chi connectivity index (χ0v) is 49.6. The third-order valence-corrected chi connectivity index (χ3v) is 20.1. The van der Waals surface area contributed by atoms with Crippen molar-refractivity contribution in [3.63, 3.8) is 0 Å². The van der Waals surface area contributed by atoms with E-state index in [1.54, 1.807) is 6.07 Å². The van der Waals surface area contributed by atoms with Crippen LogP contribution in [0.3, 0.4) is 0 Å². The van der Waals surface area contributed by atoms with Gasteiger partial charge in [0.2, 0.25) is 5.91 Å². The highest BCUT2D eigenvalue weighted by Gasteiger charge is 2.49. The number of carbonyl (C=O) groups is 4. The van der Waals surface area contributed by atoms with Crippen LogP contribution in [-0.2, 0) is 42.3 Å². The summed E-state index contributed by atoms with van der Waals surface area (Å²) in [4.78, 5) is 64.5. The molecule has 0 bridgehead atoms. The Morgan fingerprint density at radius 2 is 0.811 bits per heavy atom. The lowest BCUT2D eigenvalue weighted by Crippen LogP contribution is -2.53. The predicted octanol–water partition coefficient (Wildman–Crippen LogP) is 13.8. The lowest BCUT2D eigenvalue weighted by Gasteiger charge is -2.44. The number of rotatable bonds is 10. The summed E-state index contributed by atoms with van der Waals surface area (Å²) in [5.41, 5.74) is -4.56. The Hall–Kier alpha value is -6.88. The molecule has 2 spiro atoms. The number of hydrogen-bond acceptors (Lipinski definition) is 7. The van der Waals surface area contributed by atoms with Crippen LogP contribution < -0.4 is 0 Å². The van der Waals surface area contributed by atoms with E-state index < -0.39 is 75.9 Å². The van der Waals surface area contributed by atoms with Crippen molar-refractivity contribution in [3.05, 3.63) is 166 Å². The molecule has 4 aromatic carbocycles. The van der Waals surface area contributed by atoms with Crippen LogP contribution in [0.2, 0.25) is 0 Å². The summed E-state index contributed by atoms with van der Waals surface area (Å²) < 4.78 is 168. The number of likely N-dealkylation sites (tertiary alicyclic amines) is 6. The minimum atomic E-state index is -5.04. The number of piperidine rings is 4. The number of amides is 4. The first kappa shape index (κ1) is 64.6. The molecular weight excluding hydrogens is 1200 g/mol. The zero-order valence-electron chi connectivity index (χ0n) is 49.6. The van der Waals surface area contributed by atoms with Gasteiger partial charge in [-0.05, 0) is 167 Å². The van der Waals surface area contributed by atoms with E-state index >= 15 is 0 Å². The average Bonchev–Trinajstić information content (AvgIpc) is 1.35. The lowest BCUT2D eigenvalue weighted by atomic mass is 9.77. The van der Waals surface area contributed by atoms with Gasteiger partial charge in [0.25, 0.3) is 17.7 Å². The van der Waals surface area contributed by atoms with Crippen LogP contribution in [0.25, 0.3) is 0 Å². The number of halogens is 12. The van der Waals surface area contributed by atoms with E-state index in [0.29, 0.717) is 87.4 Å². The van der Waals surface area contributed by atoms with Gasteiger partial charge in [0, 0.05) is 93.6 Å². The van der Waals surface area contributed by atoms with Crippen molar-refractivity contribution in [1.82, 2.24) is 29.4 Å². The Labute approximate surface area is 514 Å². The minimum absolute atomic E-state index is 0.0395. The molecule has 1 saturated carbocycles. The molecule has 23 heteroatoms. The molecule has 6 saturated heterocycles. The van der Waals surface area contributed by atoms with E-state index in [0.717, 1.165) is 102 Å².